The number of aromatic nitrogens is 1. The first-order chi connectivity index (χ1) is 8.02. The Labute approximate surface area is 107 Å². The van der Waals surface area contributed by atoms with Crippen LogP contribution in [0.4, 0.5) is 0 Å². The minimum absolute atomic E-state index is 0.182. The number of nitrogens with zero attached hydrogens (tertiary/aromatic N) is 1. The molecule has 0 unspecified atom stereocenters. The zero-order valence-corrected chi connectivity index (χ0v) is 11.0. The smallest absolute Gasteiger partial charge is 0.332 e. The van der Waals surface area contributed by atoms with E-state index >= 15 is 0 Å². The van der Waals surface area contributed by atoms with Crippen molar-refractivity contribution in [3.05, 3.63) is 46.6 Å². The number of halogens is 1. The Balaban J connectivity index is 2.57. The number of benzene rings is 1. The van der Waals surface area contributed by atoms with Gasteiger partial charge in [-0.25, -0.2) is 4.79 Å². The highest BCUT2D eigenvalue weighted by molar-refractivity contribution is 9.10. The lowest BCUT2D eigenvalue weighted by Crippen LogP contribution is -2.09. The molecule has 0 saturated carbocycles. The largest absolute Gasteiger partial charge is 0.478 e. The van der Waals surface area contributed by atoms with Crippen LogP contribution >= 0.6 is 15.9 Å². The molecule has 0 bridgehead atoms. The van der Waals surface area contributed by atoms with Gasteiger partial charge in [-0.1, -0.05) is 24.8 Å². The van der Waals surface area contributed by atoms with Crippen molar-refractivity contribution in [2.45, 2.75) is 13.5 Å². The van der Waals surface area contributed by atoms with Crippen LogP contribution < -0.4 is 0 Å². The summed E-state index contributed by atoms with van der Waals surface area (Å²) in [5, 5.41) is 9.97. The first-order valence-electron chi connectivity index (χ1n) is 5.16. The predicted molar refractivity (Wildman–Crippen MR) is 71.2 cm³/mol. The molecule has 0 atom stereocenters. The molecule has 0 radical (unpaired) electrons. The number of rotatable bonds is 3. The molecular weight excluding hydrogens is 282 g/mol. The van der Waals surface area contributed by atoms with Crippen LogP contribution in [0.15, 0.2) is 40.9 Å². The van der Waals surface area contributed by atoms with Crippen LogP contribution in [0.5, 0.6) is 0 Å². The molecule has 1 N–H and O–H groups in total. The fourth-order valence-corrected chi connectivity index (χ4v) is 2.40. The summed E-state index contributed by atoms with van der Waals surface area (Å²) in [6, 6.07) is 7.88. The average molecular weight is 294 g/mol. The van der Waals surface area contributed by atoms with Crippen molar-refractivity contribution in [3.8, 4) is 0 Å². The predicted octanol–water partition coefficient (Wildman–Crippen LogP) is 3.35. The molecule has 0 saturated heterocycles. The van der Waals surface area contributed by atoms with E-state index in [4.69, 9.17) is 5.11 Å². The molecule has 3 nitrogen and oxygen atoms in total. The average Bonchev–Trinajstić information content (AvgIpc) is 2.55. The van der Waals surface area contributed by atoms with Gasteiger partial charge in [-0.05, 0) is 28.9 Å². The van der Waals surface area contributed by atoms with Crippen molar-refractivity contribution in [1.82, 2.24) is 4.57 Å². The number of carboxylic acids is 1. The van der Waals surface area contributed by atoms with E-state index in [1.54, 1.807) is 0 Å². The molecule has 0 aliphatic rings. The van der Waals surface area contributed by atoms with Crippen LogP contribution in [0.2, 0.25) is 0 Å². The first-order valence-corrected chi connectivity index (χ1v) is 5.96. The van der Waals surface area contributed by atoms with Crippen LogP contribution in [0.25, 0.3) is 10.9 Å². The van der Waals surface area contributed by atoms with Crippen molar-refractivity contribution in [2.24, 2.45) is 0 Å². The Hall–Kier alpha value is -1.55. The van der Waals surface area contributed by atoms with E-state index < -0.39 is 5.97 Å². The summed E-state index contributed by atoms with van der Waals surface area (Å²) in [6.45, 7) is 5.83. The molecule has 4 heteroatoms. The van der Waals surface area contributed by atoms with Gasteiger partial charge in [-0.2, -0.15) is 0 Å². The SMILES string of the molecule is C=C(Cn1c(C)c(Br)c2ccccc21)C(=O)O. The van der Waals surface area contributed by atoms with Crippen LogP contribution in [0.1, 0.15) is 5.69 Å². The van der Waals surface area contributed by atoms with Gasteiger partial charge in [-0.3, -0.25) is 0 Å². The van der Waals surface area contributed by atoms with Gasteiger partial charge >= 0.3 is 5.97 Å². The van der Waals surface area contributed by atoms with Crippen molar-refractivity contribution in [1.29, 1.82) is 0 Å². The van der Waals surface area contributed by atoms with Crippen molar-refractivity contribution in [3.63, 3.8) is 0 Å². The van der Waals surface area contributed by atoms with Crippen LogP contribution in [0.3, 0.4) is 0 Å². The Bertz CT molecular complexity index is 613. The number of para-hydroxylation sites is 1. The number of hydrogen-bond donors (Lipinski definition) is 1. The first kappa shape index (κ1) is 11.9. The van der Waals surface area contributed by atoms with Crippen LogP contribution in [0, 0.1) is 6.92 Å². The zero-order chi connectivity index (χ0) is 12.6. The fraction of sp³-hybridized carbons (Fsp3) is 0.154. The molecule has 0 fully saturated rings. The maximum absolute atomic E-state index is 10.8. The fourth-order valence-electron chi connectivity index (χ4n) is 1.85. The van der Waals surface area contributed by atoms with Gasteiger partial charge in [0, 0.05) is 26.6 Å². The normalized spacial score (nSPS) is 10.7. The van der Waals surface area contributed by atoms with E-state index in [0.29, 0.717) is 6.54 Å². The van der Waals surface area contributed by atoms with Crippen molar-refractivity contribution in [2.75, 3.05) is 0 Å². The van der Waals surface area contributed by atoms with E-state index in [-0.39, 0.29) is 5.57 Å². The van der Waals surface area contributed by atoms with Gasteiger partial charge in [0.1, 0.15) is 0 Å². The highest BCUT2D eigenvalue weighted by Gasteiger charge is 2.13. The summed E-state index contributed by atoms with van der Waals surface area (Å²) in [5.41, 5.74) is 2.20. The molecule has 0 aliphatic carbocycles. The summed E-state index contributed by atoms with van der Waals surface area (Å²) in [5.74, 6) is -0.960. The molecule has 2 aromatic rings. The number of hydrogen-bond acceptors (Lipinski definition) is 1. The Morgan fingerprint density at radius 1 is 1.47 bits per heavy atom. The van der Waals surface area contributed by atoms with Crippen molar-refractivity contribution >= 4 is 32.8 Å². The van der Waals surface area contributed by atoms with Gasteiger partial charge in [0.05, 0.1) is 6.54 Å². The second-order valence-electron chi connectivity index (χ2n) is 3.91. The summed E-state index contributed by atoms with van der Waals surface area (Å²) in [6.07, 6.45) is 0. The summed E-state index contributed by atoms with van der Waals surface area (Å²) in [4.78, 5) is 10.8. The Morgan fingerprint density at radius 2 is 2.12 bits per heavy atom. The van der Waals surface area contributed by atoms with Gasteiger partial charge in [0.25, 0.3) is 0 Å². The number of carboxylic acid groups (broad SMARTS) is 1. The molecule has 0 aliphatic heterocycles. The number of aliphatic carboxylic acids is 1. The Morgan fingerprint density at radius 3 is 2.76 bits per heavy atom. The molecular formula is C13H12BrNO2. The second kappa shape index (κ2) is 4.37. The zero-order valence-electron chi connectivity index (χ0n) is 9.40. The van der Waals surface area contributed by atoms with Gasteiger partial charge < -0.3 is 9.67 Å². The van der Waals surface area contributed by atoms with Gasteiger partial charge in [-0.15, -0.1) is 0 Å². The highest BCUT2D eigenvalue weighted by Crippen LogP contribution is 2.30. The quantitative estimate of drug-likeness (QED) is 0.882. The third kappa shape index (κ3) is 2.00. The van der Waals surface area contributed by atoms with E-state index in [1.807, 2.05) is 35.8 Å². The van der Waals surface area contributed by atoms with E-state index in [1.165, 1.54) is 0 Å². The molecule has 1 aromatic carbocycles. The van der Waals surface area contributed by atoms with E-state index in [9.17, 15) is 4.79 Å². The lowest BCUT2D eigenvalue weighted by atomic mass is 10.2. The molecule has 1 heterocycles. The topological polar surface area (TPSA) is 42.2 Å². The van der Waals surface area contributed by atoms with Crippen LogP contribution in [-0.2, 0) is 11.3 Å². The summed E-state index contributed by atoms with van der Waals surface area (Å²) >= 11 is 3.53. The monoisotopic (exact) mass is 293 g/mol. The second-order valence-corrected chi connectivity index (χ2v) is 4.70. The molecule has 0 spiro atoms. The minimum Gasteiger partial charge on any atom is -0.478 e. The van der Waals surface area contributed by atoms with Gasteiger partial charge in [0.15, 0.2) is 0 Å². The molecule has 88 valence electrons. The minimum atomic E-state index is -0.960. The summed E-state index contributed by atoms with van der Waals surface area (Å²) in [7, 11) is 0. The van der Waals surface area contributed by atoms with E-state index in [0.717, 1.165) is 21.1 Å². The Kier molecular flexibility index (Phi) is 3.07. The van der Waals surface area contributed by atoms with Crippen LogP contribution in [-0.4, -0.2) is 15.6 Å². The number of fused-ring (bicyclic) bond motifs is 1. The standard InChI is InChI=1S/C13H12BrNO2/c1-8(13(16)17)7-15-9(2)12(14)10-5-3-4-6-11(10)15/h3-6H,1,7H2,2H3,(H,16,17). The molecule has 2 rings (SSSR count). The third-order valence-electron chi connectivity index (χ3n) is 2.81. The molecule has 1 aromatic heterocycles. The number of carbonyl (C=O) groups is 1. The molecule has 0 amide bonds. The molecule has 17 heavy (non-hydrogen) atoms. The lowest BCUT2D eigenvalue weighted by Gasteiger charge is -2.07. The lowest BCUT2D eigenvalue weighted by molar-refractivity contribution is -0.132. The summed E-state index contributed by atoms with van der Waals surface area (Å²) < 4.78 is 2.96. The van der Waals surface area contributed by atoms with E-state index in [2.05, 4.69) is 22.5 Å². The third-order valence-corrected chi connectivity index (χ3v) is 3.81. The maximum atomic E-state index is 10.8. The maximum Gasteiger partial charge on any atom is 0.332 e. The van der Waals surface area contributed by atoms with Gasteiger partial charge in [0.2, 0.25) is 0 Å². The van der Waals surface area contributed by atoms with Crippen molar-refractivity contribution < 1.29 is 9.90 Å². The highest BCUT2D eigenvalue weighted by atomic mass is 79.9.